The third kappa shape index (κ3) is 3.20. The van der Waals surface area contributed by atoms with Crippen LogP contribution in [0.3, 0.4) is 0 Å². The largest absolute Gasteiger partial charge is 0.497 e. The maximum Gasteiger partial charge on any atom is 0.119 e. The minimum absolute atomic E-state index is 0.171. The van der Waals surface area contributed by atoms with E-state index in [0.717, 1.165) is 24.3 Å². The lowest BCUT2D eigenvalue weighted by atomic mass is 9.98. The summed E-state index contributed by atoms with van der Waals surface area (Å²) < 4.78 is 5.19. The number of aliphatic hydroxyl groups is 1. The van der Waals surface area contributed by atoms with Crippen molar-refractivity contribution in [2.45, 2.75) is 37.8 Å². The number of hydrogen-bond donors (Lipinski definition) is 2. The number of aliphatic hydroxyl groups excluding tert-OH is 1. The van der Waals surface area contributed by atoms with Gasteiger partial charge in [0.2, 0.25) is 0 Å². The van der Waals surface area contributed by atoms with Crippen molar-refractivity contribution in [3.8, 4) is 5.75 Å². The van der Waals surface area contributed by atoms with Crippen LogP contribution in [0.4, 0.5) is 0 Å². The van der Waals surface area contributed by atoms with Crippen LogP contribution in [-0.2, 0) is 0 Å². The van der Waals surface area contributed by atoms with Gasteiger partial charge in [-0.05, 0) is 37.1 Å². The lowest BCUT2D eigenvalue weighted by molar-refractivity contribution is 0.126. The summed E-state index contributed by atoms with van der Waals surface area (Å²) in [5, 5.41) is 13.8. The topological polar surface area (TPSA) is 41.5 Å². The number of benzene rings is 1. The van der Waals surface area contributed by atoms with Gasteiger partial charge in [0, 0.05) is 6.04 Å². The van der Waals surface area contributed by atoms with Crippen molar-refractivity contribution in [3.05, 3.63) is 29.8 Å². The van der Waals surface area contributed by atoms with Crippen LogP contribution in [0, 0.1) is 0 Å². The summed E-state index contributed by atoms with van der Waals surface area (Å²) in [6.45, 7) is 1.01. The molecular weight excluding hydrogens is 214 g/mol. The second kappa shape index (κ2) is 6.03. The monoisotopic (exact) mass is 235 g/mol. The summed E-state index contributed by atoms with van der Waals surface area (Å²) in [6, 6.07) is 7.87. The Bertz CT molecular complexity index is 346. The van der Waals surface area contributed by atoms with E-state index in [4.69, 9.17) is 4.74 Å². The van der Waals surface area contributed by atoms with Gasteiger partial charge in [-0.2, -0.15) is 0 Å². The zero-order valence-electron chi connectivity index (χ0n) is 10.4. The predicted molar refractivity (Wildman–Crippen MR) is 68.2 cm³/mol. The average molecular weight is 235 g/mol. The van der Waals surface area contributed by atoms with Gasteiger partial charge in [0.15, 0.2) is 0 Å². The molecule has 17 heavy (non-hydrogen) atoms. The van der Waals surface area contributed by atoms with E-state index in [9.17, 15) is 5.11 Å². The first-order valence-corrected chi connectivity index (χ1v) is 6.36. The minimum Gasteiger partial charge on any atom is -0.497 e. The highest BCUT2D eigenvalue weighted by atomic mass is 16.5. The molecule has 0 radical (unpaired) electrons. The zero-order valence-corrected chi connectivity index (χ0v) is 10.4. The lowest BCUT2D eigenvalue weighted by Gasteiger charge is -2.23. The van der Waals surface area contributed by atoms with Crippen LogP contribution in [0.5, 0.6) is 5.75 Å². The van der Waals surface area contributed by atoms with E-state index in [0.29, 0.717) is 0 Å². The number of ether oxygens (including phenoxy) is 1. The maximum atomic E-state index is 10.4. The number of methoxy groups -OCH3 is 1. The molecule has 0 bridgehead atoms. The van der Waals surface area contributed by atoms with Gasteiger partial charge in [0.1, 0.15) is 5.75 Å². The molecule has 1 heterocycles. The standard InChI is InChI=1S/C14H21NO2/c1-17-12-7-5-6-11(10-12)14(16)13-8-3-2-4-9-15-13/h5-7,10,13-16H,2-4,8-9H2,1H3. The van der Waals surface area contributed by atoms with Crippen molar-refractivity contribution in [1.82, 2.24) is 5.32 Å². The summed E-state index contributed by atoms with van der Waals surface area (Å²) >= 11 is 0. The van der Waals surface area contributed by atoms with Crippen molar-refractivity contribution in [2.75, 3.05) is 13.7 Å². The van der Waals surface area contributed by atoms with E-state index in [1.54, 1.807) is 7.11 Å². The normalized spacial score (nSPS) is 22.8. The van der Waals surface area contributed by atoms with Gasteiger partial charge in [0.25, 0.3) is 0 Å². The van der Waals surface area contributed by atoms with E-state index in [2.05, 4.69) is 5.32 Å². The van der Waals surface area contributed by atoms with Crippen molar-refractivity contribution in [3.63, 3.8) is 0 Å². The average Bonchev–Trinajstić information content (AvgIpc) is 2.67. The van der Waals surface area contributed by atoms with E-state index in [-0.39, 0.29) is 6.04 Å². The molecular formula is C14H21NO2. The summed E-state index contributed by atoms with van der Waals surface area (Å²) in [5.41, 5.74) is 0.934. The summed E-state index contributed by atoms with van der Waals surface area (Å²) in [6.07, 6.45) is 4.26. The number of hydrogen-bond acceptors (Lipinski definition) is 3. The van der Waals surface area contributed by atoms with Crippen LogP contribution in [0.15, 0.2) is 24.3 Å². The minimum atomic E-state index is -0.441. The van der Waals surface area contributed by atoms with Crippen LogP contribution in [0.25, 0.3) is 0 Å². The molecule has 94 valence electrons. The van der Waals surface area contributed by atoms with Gasteiger partial charge in [-0.25, -0.2) is 0 Å². The Morgan fingerprint density at radius 2 is 2.24 bits per heavy atom. The fraction of sp³-hybridized carbons (Fsp3) is 0.571. The van der Waals surface area contributed by atoms with E-state index < -0.39 is 6.10 Å². The third-order valence-corrected chi connectivity index (χ3v) is 3.41. The van der Waals surface area contributed by atoms with E-state index >= 15 is 0 Å². The van der Waals surface area contributed by atoms with Crippen molar-refractivity contribution in [2.24, 2.45) is 0 Å². The molecule has 1 aromatic carbocycles. The van der Waals surface area contributed by atoms with Crippen LogP contribution < -0.4 is 10.1 Å². The van der Waals surface area contributed by atoms with E-state index in [1.165, 1.54) is 19.3 Å². The second-order valence-corrected chi connectivity index (χ2v) is 4.63. The molecule has 0 spiro atoms. The Morgan fingerprint density at radius 3 is 3.06 bits per heavy atom. The third-order valence-electron chi connectivity index (χ3n) is 3.41. The van der Waals surface area contributed by atoms with Crippen LogP contribution >= 0.6 is 0 Å². The molecule has 1 saturated heterocycles. The van der Waals surface area contributed by atoms with Crippen molar-refractivity contribution < 1.29 is 9.84 Å². The van der Waals surface area contributed by atoms with Crippen LogP contribution in [-0.4, -0.2) is 24.8 Å². The summed E-state index contributed by atoms with van der Waals surface area (Å²) in [7, 11) is 1.65. The molecule has 0 aromatic heterocycles. The SMILES string of the molecule is COc1cccc(C(O)C2CCCCCN2)c1. The molecule has 1 aromatic rings. The highest BCUT2D eigenvalue weighted by Crippen LogP contribution is 2.25. The van der Waals surface area contributed by atoms with Crippen LogP contribution in [0.1, 0.15) is 37.4 Å². The van der Waals surface area contributed by atoms with Gasteiger partial charge in [-0.15, -0.1) is 0 Å². The van der Waals surface area contributed by atoms with Gasteiger partial charge < -0.3 is 15.2 Å². The molecule has 1 aliphatic heterocycles. The highest BCUT2D eigenvalue weighted by molar-refractivity contribution is 5.30. The molecule has 2 atom stereocenters. The molecule has 0 aliphatic carbocycles. The zero-order chi connectivity index (χ0) is 12.1. The molecule has 2 rings (SSSR count). The fourth-order valence-corrected chi connectivity index (χ4v) is 2.38. The number of rotatable bonds is 3. The second-order valence-electron chi connectivity index (χ2n) is 4.63. The first-order chi connectivity index (χ1) is 8.31. The fourth-order valence-electron chi connectivity index (χ4n) is 2.38. The smallest absolute Gasteiger partial charge is 0.119 e. The summed E-state index contributed by atoms with van der Waals surface area (Å²) in [5.74, 6) is 0.801. The first kappa shape index (κ1) is 12.4. The van der Waals surface area contributed by atoms with Gasteiger partial charge in [-0.3, -0.25) is 0 Å². The van der Waals surface area contributed by atoms with Crippen molar-refractivity contribution >= 4 is 0 Å². The van der Waals surface area contributed by atoms with Crippen molar-refractivity contribution in [1.29, 1.82) is 0 Å². The molecule has 0 saturated carbocycles. The Hall–Kier alpha value is -1.06. The lowest BCUT2D eigenvalue weighted by Crippen LogP contribution is -2.34. The van der Waals surface area contributed by atoms with Gasteiger partial charge in [-0.1, -0.05) is 25.0 Å². The molecule has 3 nitrogen and oxygen atoms in total. The van der Waals surface area contributed by atoms with Gasteiger partial charge in [0.05, 0.1) is 13.2 Å². The number of nitrogens with one attached hydrogen (secondary N) is 1. The molecule has 0 amide bonds. The molecule has 2 unspecified atom stereocenters. The molecule has 3 heteroatoms. The molecule has 2 N–H and O–H groups in total. The van der Waals surface area contributed by atoms with Crippen LogP contribution in [0.2, 0.25) is 0 Å². The Morgan fingerprint density at radius 1 is 1.35 bits per heavy atom. The van der Waals surface area contributed by atoms with E-state index in [1.807, 2.05) is 24.3 Å². The molecule has 1 fully saturated rings. The highest BCUT2D eigenvalue weighted by Gasteiger charge is 2.21. The summed E-state index contributed by atoms with van der Waals surface area (Å²) in [4.78, 5) is 0. The Kier molecular flexibility index (Phi) is 4.40. The predicted octanol–water partition coefficient (Wildman–Crippen LogP) is 2.26. The Balaban J connectivity index is 2.08. The quantitative estimate of drug-likeness (QED) is 0.844. The molecule has 1 aliphatic rings. The maximum absolute atomic E-state index is 10.4. The first-order valence-electron chi connectivity index (χ1n) is 6.36. The Labute approximate surface area is 103 Å². The van der Waals surface area contributed by atoms with Gasteiger partial charge >= 0.3 is 0 Å².